The molecule has 0 radical (unpaired) electrons. The van der Waals surface area contributed by atoms with E-state index >= 15 is 0 Å². The van der Waals surface area contributed by atoms with Crippen molar-refractivity contribution in [1.29, 1.82) is 0 Å². The summed E-state index contributed by atoms with van der Waals surface area (Å²) in [5, 5.41) is 10.1. The Hall–Kier alpha value is -1.61. The van der Waals surface area contributed by atoms with Crippen LogP contribution in [0.4, 0.5) is 4.39 Å². The van der Waals surface area contributed by atoms with Gasteiger partial charge in [0.15, 0.2) is 0 Å². The average Bonchev–Trinajstić information content (AvgIpc) is 2.58. The number of rotatable bonds is 2. The number of hydrogen-bond acceptors (Lipinski definition) is 2. The molecule has 0 fully saturated rings. The van der Waals surface area contributed by atoms with Crippen LogP contribution in [0.15, 0.2) is 34.7 Å². The Morgan fingerprint density at radius 3 is 2.44 bits per heavy atom. The van der Waals surface area contributed by atoms with E-state index in [1.165, 1.54) is 6.07 Å². The molecule has 0 spiro atoms. The molecule has 1 unspecified atom stereocenters. The molecule has 3 heteroatoms. The molecule has 0 amide bonds. The van der Waals surface area contributed by atoms with E-state index in [0.29, 0.717) is 17.1 Å². The summed E-state index contributed by atoms with van der Waals surface area (Å²) in [5.74, 6) is 0.921. The lowest BCUT2D eigenvalue weighted by Crippen LogP contribution is -2.02. The molecule has 0 aliphatic rings. The summed E-state index contributed by atoms with van der Waals surface area (Å²) in [6, 6.07) is 7.93. The maximum atomic E-state index is 13.5. The summed E-state index contributed by atoms with van der Waals surface area (Å²) in [5.41, 5.74) is 0.883. The standard InChI is InChI=1S/C13H13FO2/c1-8-7-11(9(2)16-8)13(15)10-5-3-4-6-12(10)14/h3-7,13,15H,1-2H3. The van der Waals surface area contributed by atoms with Crippen LogP contribution < -0.4 is 0 Å². The molecule has 16 heavy (non-hydrogen) atoms. The minimum atomic E-state index is -0.973. The topological polar surface area (TPSA) is 33.4 Å². The van der Waals surface area contributed by atoms with Crippen molar-refractivity contribution in [3.8, 4) is 0 Å². The Balaban J connectivity index is 2.43. The van der Waals surface area contributed by atoms with E-state index in [2.05, 4.69) is 0 Å². The fourth-order valence-electron chi connectivity index (χ4n) is 1.79. The molecule has 2 aromatic rings. The molecule has 0 saturated heterocycles. The molecule has 1 atom stereocenters. The van der Waals surface area contributed by atoms with Gasteiger partial charge in [-0.25, -0.2) is 4.39 Å². The lowest BCUT2D eigenvalue weighted by molar-refractivity contribution is 0.212. The Morgan fingerprint density at radius 2 is 1.88 bits per heavy atom. The van der Waals surface area contributed by atoms with E-state index in [9.17, 15) is 9.50 Å². The fourth-order valence-corrected chi connectivity index (χ4v) is 1.79. The number of furan rings is 1. The second-order valence-corrected chi connectivity index (χ2v) is 3.79. The molecule has 1 aromatic carbocycles. The number of hydrogen-bond donors (Lipinski definition) is 1. The first kappa shape index (κ1) is 10.9. The maximum absolute atomic E-state index is 13.5. The Kier molecular flexibility index (Phi) is 2.79. The van der Waals surface area contributed by atoms with Gasteiger partial charge >= 0.3 is 0 Å². The first-order valence-electron chi connectivity index (χ1n) is 5.09. The lowest BCUT2D eigenvalue weighted by Gasteiger charge is -2.10. The van der Waals surface area contributed by atoms with Crippen LogP contribution in [0.3, 0.4) is 0 Å². The van der Waals surface area contributed by atoms with Crippen LogP contribution in [0.2, 0.25) is 0 Å². The highest BCUT2D eigenvalue weighted by molar-refractivity contribution is 5.33. The van der Waals surface area contributed by atoms with Crippen molar-refractivity contribution >= 4 is 0 Å². The van der Waals surface area contributed by atoms with Crippen molar-refractivity contribution in [2.45, 2.75) is 20.0 Å². The number of aryl methyl sites for hydroxylation is 2. The van der Waals surface area contributed by atoms with Gasteiger partial charge in [0.1, 0.15) is 23.4 Å². The summed E-state index contributed by atoms with van der Waals surface area (Å²) in [6.45, 7) is 3.55. The van der Waals surface area contributed by atoms with Gasteiger partial charge in [0.25, 0.3) is 0 Å². The molecule has 84 valence electrons. The van der Waals surface area contributed by atoms with Crippen LogP contribution in [-0.4, -0.2) is 5.11 Å². The van der Waals surface area contributed by atoms with E-state index in [1.54, 1.807) is 38.1 Å². The van der Waals surface area contributed by atoms with E-state index < -0.39 is 11.9 Å². The van der Waals surface area contributed by atoms with Crippen molar-refractivity contribution in [2.75, 3.05) is 0 Å². The largest absolute Gasteiger partial charge is 0.466 e. The summed E-state index contributed by atoms with van der Waals surface area (Å²) >= 11 is 0. The zero-order valence-corrected chi connectivity index (χ0v) is 9.20. The summed E-state index contributed by atoms with van der Waals surface area (Å²) in [7, 11) is 0. The minimum Gasteiger partial charge on any atom is -0.466 e. The second kappa shape index (κ2) is 4.10. The third kappa shape index (κ3) is 1.86. The minimum absolute atomic E-state index is 0.270. The highest BCUT2D eigenvalue weighted by atomic mass is 19.1. The quantitative estimate of drug-likeness (QED) is 0.843. The van der Waals surface area contributed by atoms with Crippen molar-refractivity contribution < 1.29 is 13.9 Å². The van der Waals surface area contributed by atoms with Gasteiger partial charge in [-0.3, -0.25) is 0 Å². The van der Waals surface area contributed by atoms with E-state index in [4.69, 9.17) is 4.42 Å². The van der Waals surface area contributed by atoms with E-state index in [1.807, 2.05) is 0 Å². The average molecular weight is 220 g/mol. The monoisotopic (exact) mass is 220 g/mol. The summed E-state index contributed by atoms with van der Waals surface area (Å²) in [6.07, 6.45) is -0.973. The maximum Gasteiger partial charge on any atom is 0.129 e. The fraction of sp³-hybridized carbons (Fsp3) is 0.231. The number of aliphatic hydroxyl groups is 1. The lowest BCUT2D eigenvalue weighted by atomic mass is 10.0. The summed E-state index contributed by atoms with van der Waals surface area (Å²) < 4.78 is 18.8. The molecule has 1 N–H and O–H groups in total. The van der Waals surface area contributed by atoms with Gasteiger partial charge in [0, 0.05) is 11.1 Å². The number of halogens is 1. The second-order valence-electron chi connectivity index (χ2n) is 3.79. The Bertz CT molecular complexity index is 502. The molecular formula is C13H13FO2. The third-order valence-corrected chi connectivity index (χ3v) is 2.57. The van der Waals surface area contributed by atoms with Gasteiger partial charge in [0.2, 0.25) is 0 Å². The van der Waals surface area contributed by atoms with Crippen LogP contribution in [-0.2, 0) is 0 Å². The molecule has 0 aliphatic carbocycles. The van der Waals surface area contributed by atoms with Gasteiger partial charge < -0.3 is 9.52 Å². The van der Waals surface area contributed by atoms with Crippen molar-refractivity contribution in [3.05, 3.63) is 58.8 Å². The van der Waals surface area contributed by atoms with Gasteiger partial charge in [-0.15, -0.1) is 0 Å². The molecule has 1 heterocycles. The normalized spacial score (nSPS) is 12.8. The molecular weight excluding hydrogens is 207 g/mol. The van der Waals surface area contributed by atoms with Crippen LogP contribution in [0.25, 0.3) is 0 Å². The predicted octanol–water partition coefficient (Wildman–Crippen LogP) is 3.12. The van der Waals surface area contributed by atoms with Crippen LogP contribution in [0, 0.1) is 19.7 Å². The first-order valence-corrected chi connectivity index (χ1v) is 5.09. The smallest absolute Gasteiger partial charge is 0.129 e. The van der Waals surface area contributed by atoms with Crippen molar-refractivity contribution in [3.63, 3.8) is 0 Å². The van der Waals surface area contributed by atoms with Gasteiger partial charge in [-0.1, -0.05) is 18.2 Å². The van der Waals surface area contributed by atoms with Gasteiger partial charge in [-0.2, -0.15) is 0 Å². The number of benzene rings is 1. The Morgan fingerprint density at radius 1 is 1.19 bits per heavy atom. The van der Waals surface area contributed by atoms with Crippen LogP contribution in [0.1, 0.15) is 28.8 Å². The van der Waals surface area contributed by atoms with Crippen LogP contribution in [0.5, 0.6) is 0 Å². The zero-order chi connectivity index (χ0) is 11.7. The summed E-state index contributed by atoms with van der Waals surface area (Å²) in [4.78, 5) is 0. The molecule has 0 bridgehead atoms. The first-order chi connectivity index (χ1) is 7.59. The molecule has 2 nitrogen and oxygen atoms in total. The molecule has 0 saturated carbocycles. The molecule has 2 rings (SSSR count). The van der Waals surface area contributed by atoms with Crippen molar-refractivity contribution in [2.24, 2.45) is 0 Å². The van der Waals surface area contributed by atoms with Crippen molar-refractivity contribution in [1.82, 2.24) is 0 Å². The highest BCUT2D eigenvalue weighted by Crippen LogP contribution is 2.28. The zero-order valence-electron chi connectivity index (χ0n) is 9.20. The number of aliphatic hydroxyl groups excluding tert-OH is 1. The third-order valence-electron chi connectivity index (χ3n) is 2.57. The van der Waals surface area contributed by atoms with Crippen LogP contribution >= 0.6 is 0 Å². The van der Waals surface area contributed by atoms with Gasteiger partial charge in [0.05, 0.1) is 0 Å². The Labute approximate surface area is 93.3 Å². The van der Waals surface area contributed by atoms with E-state index in [-0.39, 0.29) is 5.56 Å². The molecule has 1 aromatic heterocycles. The predicted molar refractivity (Wildman–Crippen MR) is 58.6 cm³/mol. The van der Waals surface area contributed by atoms with Gasteiger partial charge in [-0.05, 0) is 26.0 Å². The van der Waals surface area contributed by atoms with E-state index in [0.717, 1.165) is 0 Å². The SMILES string of the molecule is Cc1cc(C(O)c2ccccc2F)c(C)o1. The molecule has 0 aliphatic heterocycles. The highest BCUT2D eigenvalue weighted by Gasteiger charge is 2.18.